The van der Waals surface area contributed by atoms with Crippen LogP contribution in [0.25, 0.3) is 0 Å². The van der Waals surface area contributed by atoms with Crippen molar-refractivity contribution in [2.45, 2.75) is 50.2 Å². The Morgan fingerprint density at radius 2 is 2.00 bits per heavy atom. The lowest BCUT2D eigenvalue weighted by Crippen LogP contribution is -2.66. The zero-order chi connectivity index (χ0) is 22.9. The monoisotopic (exact) mass is 455 g/mol. The zero-order valence-corrected chi connectivity index (χ0v) is 18.7. The molecule has 2 bridgehead atoms. The van der Waals surface area contributed by atoms with Gasteiger partial charge in [0.05, 0.1) is 25.5 Å². The summed E-state index contributed by atoms with van der Waals surface area (Å²) in [7, 11) is 0. The van der Waals surface area contributed by atoms with Crippen molar-refractivity contribution in [2.75, 3.05) is 31.5 Å². The lowest BCUT2D eigenvalue weighted by atomic mass is 9.81. The summed E-state index contributed by atoms with van der Waals surface area (Å²) in [4.78, 5) is 34.2. The Balaban J connectivity index is 1.28. The molecule has 33 heavy (non-hydrogen) atoms. The predicted molar refractivity (Wildman–Crippen MR) is 118 cm³/mol. The molecule has 2 atom stereocenters. The van der Waals surface area contributed by atoms with Gasteiger partial charge in [-0.25, -0.2) is 9.78 Å². The van der Waals surface area contributed by atoms with Gasteiger partial charge in [0.15, 0.2) is 18.5 Å². The Morgan fingerprint density at radius 1 is 1.21 bits per heavy atom. The first-order valence-electron chi connectivity index (χ1n) is 11.9. The van der Waals surface area contributed by atoms with Crippen molar-refractivity contribution in [3.63, 3.8) is 0 Å². The van der Waals surface area contributed by atoms with Crippen molar-refractivity contribution in [3.05, 3.63) is 42.7 Å². The molecule has 0 spiro atoms. The van der Waals surface area contributed by atoms with Gasteiger partial charge in [0.25, 0.3) is 5.91 Å². The number of aliphatic hydroxyl groups is 1. The van der Waals surface area contributed by atoms with Crippen LogP contribution in [0.2, 0.25) is 0 Å². The number of quaternary nitrogens is 1. The van der Waals surface area contributed by atoms with E-state index in [2.05, 4.69) is 15.3 Å². The van der Waals surface area contributed by atoms with Gasteiger partial charge in [-0.3, -0.25) is 9.78 Å². The molecular weight excluding hydrogens is 424 g/mol. The minimum Gasteiger partial charge on any atom is -0.466 e. The first-order chi connectivity index (χ1) is 16.0. The summed E-state index contributed by atoms with van der Waals surface area (Å²) in [6.07, 6.45) is 11.0. The third kappa shape index (κ3) is 4.27. The molecular formula is C24H31N4O5+. The molecule has 1 unspecified atom stereocenters. The van der Waals surface area contributed by atoms with Crippen LogP contribution in [-0.2, 0) is 19.9 Å². The molecule has 176 valence electrons. The molecule has 9 heteroatoms. The number of hydrogen-bond acceptors (Lipinski definition) is 7. The zero-order valence-electron chi connectivity index (χ0n) is 18.7. The van der Waals surface area contributed by atoms with Gasteiger partial charge in [-0.1, -0.05) is 12.8 Å². The Morgan fingerprint density at radius 3 is 2.67 bits per heavy atom. The van der Waals surface area contributed by atoms with Gasteiger partial charge < -0.3 is 24.1 Å². The second-order valence-corrected chi connectivity index (χ2v) is 9.77. The van der Waals surface area contributed by atoms with Crippen LogP contribution in [0.15, 0.2) is 41.4 Å². The van der Waals surface area contributed by atoms with E-state index in [4.69, 9.17) is 9.15 Å². The third-order valence-electron chi connectivity index (χ3n) is 7.76. The van der Waals surface area contributed by atoms with Crippen molar-refractivity contribution in [1.29, 1.82) is 0 Å². The first kappa shape index (κ1) is 22.0. The van der Waals surface area contributed by atoms with Crippen LogP contribution in [-0.4, -0.2) is 63.7 Å². The van der Waals surface area contributed by atoms with Gasteiger partial charge in [-0.2, -0.15) is 0 Å². The lowest BCUT2D eigenvalue weighted by Gasteiger charge is -2.51. The molecule has 0 radical (unpaired) electrons. The van der Waals surface area contributed by atoms with Crippen LogP contribution in [0, 0.1) is 11.8 Å². The van der Waals surface area contributed by atoms with Crippen LogP contribution in [0.3, 0.4) is 0 Å². The number of piperidine rings is 3. The highest BCUT2D eigenvalue weighted by molar-refractivity contribution is 5.90. The fraction of sp³-hybridized carbons (Fsp3) is 0.583. The van der Waals surface area contributed by atoms with Crippen LogP contribution in [0.4, 0.5) is 5.82 Å². The molecule has 1 aliphatic carbocycles. The van der Waals surface area contributed by atoms with E-state index in [0.29, 0.717) is 23.4 Å². The molecule has 2 N–H and O–H groups in total. The van der Waals surface area contributed by atoms with Crippen LogP contribution in [0.1, 0.15) is 44.3 Å². The van der Waals surface area contributed by atoms with Crippen LogP contribution >= 0.6 is 0 Å². The summed E-state index contributed by atoms with van der Waals surface area (Å²) in [6, 6.07) is 3.34. The Labute approximate surface area is 192 Å². The Bertz CT molecular complexity index is 968. The van der Waals surface area contributed by atoms with Gasteiger partial charge in [0.1, 0.15) is 12.3 Å². The standard InChI is InChI=1S/C24H30N4O5/c29-22(27-21-14-25-9-10-26-21)16-28-11-7-17(8-12-28)19(15-28)33-23(30)24(31,18-4-1-2-5-18)20-6-3-13-32-20/h3,6,9-10,13-14,17-19,31H,1-2,4-5,7-8,11-12,15-16H2/p+1/t17?,19-,24?,28?/m0/s1. The van der Waals surface area contributed by atoms with Gasteiger partial charge in [-0.15, -0.1) is 0 Å². The fourth-order valence-corrected chi connectivity index (χ4v) is 5.96. The molecule has 0 aromatic carbocycles. The number of rotatable bonds is 7. The minimum absolute atomic E-state index is 0.126. The highest BCUT2D eigenvalue weighted by atomic mass is 16.6. The number of carbonyl (C=O) groups is 2. The maximum absolute atomic E-state index is 13.4. The van der Waals surface area contributed by atoms with Gasteiger partial charge in [0, 0.05) is 37.1 Å². The van der Waals surface area contributed by atoms with Gasteiger partial charge in [-0.05, 0) is 25.0 Å². The number of nitrogens with one attached hydrogen (secondary N) is 1. The quantitative estimate of drug-likeness (QED) is 0.486. The Hall–Kier alpha value is -2.78. The molecule has 3 aliphatic heterocycles. The molecule has 9 nitrogen and oxygen atoms in total. The van der Waals surface area contributed by atoms with Crippen LogP contribution in [0.5, 0.6) is 0 Å². The average Bonchev–Trinajstić information content (AvgIpc) is 3.54. The normalized spacial score (nSPS) is 28.9. The number of esters is 1. The largest absolute Gasteiger partial charge is 0.466 e. The topological polar surface area (TPSA) is 115 Å². The number of hydrogen-bond donors (Lipinski definition) is 2. The number of carbonyl (C=O) groups excluding carboxylic acids is 2. The fourth-order valence-electron chi connectivity index (χ4n) is 5.96. The molecule has 5 heterocycles. The van der Waals surface area contributed by atoms with Crippen molar-refractivity contribution < 1.29 is 28.3 Å². The maximum atomic E-state index is 13.4. The minimum atomic E-state index is -1.76. The van der Waals surface area contributed by atoms with Crippen molar-refractivity contribution >= 4 is 17.7 Å². The van der Waals surface area contributed by atoms with Crippen molar-refractivity contribution in [1.82, 2.24) is 9.97 Å². The third-order valence-corrected chi connectivity index (χ3v) is 7.76. The second kappa shape index (κ2) is 8.87. The van der Waals surface area contributed by atoms with E-state index in [0.717, 1.165) is 51.6 Å². The van der Waals surface area contributed by atoms with Gasteiger partial charge >= 0.3 is 5.97 Å². The highest BCUT2D eigenvalue weighted by Crippen LogP contribution is 2.43. The molecule has 1 saturated carbocycles. The van der Waals surface area contributed by atoms with E-state index in [9.17, 15) is 14.7 Å². The number of nitrogens with zero attached hydrogens (tertiary/aromatic N) is 3. The number of furan rings is 1. The smallest absolute Gasteiger partial charge is 0.346 e. The van der Waals surface area contributed by atoms with E-state index < -0.39 is 11.6 Å². The number of aromatic nitrogens is 2. The molecule has 1 amide bonds. The number of anilines is 1. The Kier molecular flexibility index (Phi) is 5.92. The summed E-state index contributed by atoms with van der Waals surface area (Å²) in [5.74, 6) is -0.0210. The van der Waals surface area contributed by atoms with E-state index in [1.165, 1.54) is 18.7 Å². The number of ether oxygens (including phenoxy) is 1. The maximum Gasteiger partial charge on any atom is 0.346 e. The first-order valence-corrected chi connectivity index (χ1v) is 11.9. The summed E-state index contributed by atoms with van der Waals surface area (Å²) >= 11 is 0. The van der Waals surface area contributed by atoms with E-state index in [1.54, 1.807) is 18.3 Å². The summed E-state index contributed by atoms with van der Waals surface area (Å²) in [6.45, 7) is 2.61. The lowest BCUT2D eigenvalue weighted by molar-refractivity contribution is -0.939. The molecule has 6 rings (SSSR count). The number of fused-ring (bicyclic) bond motifs is 3. The molecule has 2 aromatic heterocycles. The predicted octanol–water partition coefficient (Wildman–Crippen LogP) is 2.24. The van der Waals surface area contributed by atoms with Gasteiger partial charge in [0.2, 0.25) is 5.60 Å². The molecule has 4 fully saturated rings. The van der Waals surface area contributed by atoms with E-state index in [-0.39, 0.29) is 29.6 Å². The van der Waals surface area contributed by atoms with Crippen molar-refractivity contribution in [3.8, 4) is 0 Å². The SMILES string of the molecule is O=C(C[N+]12CCC(CC1)[C@@H](OC(=O)C(O)(c1ccco1)C1CCCC1)C2)Nc1cnccn1. The summed E-state index contributed by atoms with van der Waals surface area (Å²) in [5.41, 5.74) is -1.76. The second-order valence-electron chi connectivity index (χ2n) is 9.77. The van der Waals surface area contributed by atoms with E-state index >= 15 is 0 Å². The number of amides is 1. The molecule has 2 aromatic rings. The average molecular weight is 456 g/mol. The van der Waals surface area contributed by atoms with Crippen LogP contribution < -0.4 is 5.32 Å². The van der Waals surface area contributed by atoms with E-state index in [1.807, 2.05) is 0 Å². The summed E-state index contributed by atoms with van der Waals surface area (Å²) < 4.78 is 12.1. The van der Waals surface area contributed by atoms with Crippen molar-refractivity contribution in [2.24, 2.45) is 11.8 Å². The highest BCUT2D eigenvalue weighted by Gasteiger charge is 2.54. The summed E-state index contributed by atoms with van der Waals surface area (Å²) in [5, 5.41) is 14.4. The molecule has 4 aliphatic rings. The molecule has 3 saturated heterocycles.